The normalized spacial score (nSPS) is 10.1. The van der Waals surface area contributed by atoms with Crippen molar-refractivity contribution in [2.75, 3.05) is 18.1 Å². The zero-order valence-corrected chi connectivity index (χ0v) is 15.5. The minimum Gasteiger partial charge on any atom is -0.462 e. The largest absolute Gasteiger partial charge is 0.462 e. The highest BCUT2D eigenvalue weighted by Crippen LogP contribution is 2.17. The Labute approximate surface area is 158 Å². The SMILES string of the molecule is CCOC(=O)c1ccc(N(CCC(=O)NCc2ccncc2)C(C)=O)cc1. The van der Waals surface area contributed by atoms with Crippen molar-refractivity contribution in [3.8, 4) is 0 Å². The molecule has 0 aliphatic heterocycles. The van der Waals surface area contributed by atoms with Crippen LogP contribution in [0.5, 0.6) is 0 Å². The van der Waals surface area contributed by atoms with Gasteiger partial charge >= 0.3 is 5.97 Å². The molecule has 1 heterocycles. The van der Waals surface area contributed by atoms with E-state index in [0.717, 1.165) is 5.56 Å². The Morgan fingerprint density at radius 2 is 1.74 bits per heavy atom. The van der Waals surface area contributed by atoms with Gasteiger partial charge in [-0.25, -0.2) is 4.79 Å². The zero-order valence-electron chi connectivity index (χ0n) is 15.5. The van der Waals surface area contributed by atoms with Crippen LogP contribution in [0.3, 0.4) is 0 Å². The van der Waals surface area contributed by atoms with E-state index in [1.54, 1.807) is 43.6 Å². The van der Waals surface area contributed by atoms with Crippen molar-refractivity contribution >= 4 is 23.5 Å². The van der Waals surface area contributed by atoms with E-state index in [9.17, 15) is 14.4 Å². The predicted molar refractivity (Wildman–Crippen MR) is 101 cm³/mol. The molecule has 1 aromatic carbocycles. The minimum atomic E-state index is -0.408. The number of benzene rings is 1. The van der Waals surface area contributed by atoms with E-state index >= 15 is 0 Å². The number of nitrogens with one attached hydrogen (secondary N) is 1. The molecule has 0 unspecified atom stereocenters. The predicted octanol–water partition coefficient (Wildman–Crippen LogP) is 2.32. The van der Waals surface area contributed by atoms with Gasteiger partial charge in [-0.3, -0.25) is 14.6 Å². The van der Waals surface area contributed by atoms with Gasteiger partial charge < -0.3 is 15.0 Å². The Kier molecular flexibility index (Phi) is 7.49. The summed E-state index contributed by atoms with van der Waals surface area (Å²) in [7, 11) is 0. The second-order valence-corrected chi connectivity index (χ2v) is 5.82. The van der Waals surface area contributed by atoms with Gasteiger partial charge in [-0.2, -0.15) is 0 Å². The number of aromatic nitrogens is 1. The van der Waals surface area contributed by atoms with Gasteiger partial charge in [0.05, 0.1) is 12.2 Å². The molecule has 0 saturated heterocycles. The number of pyridine rings is 1. The van der Waals surface area contributed by atoms with Gasteiger partial charge in [0.25, 0.3) is 0 Å². The highest BCUT2D eigenvalue weighted by Gasteiger charge is 2.14. The van der Waals surface area contributed by atoms with Crippen molar-refractivity contribution in [2.24, 2.45) is 0 Å². The average molecular weight is 369 g/mol. The molecule has 0 saturated carbocycles. The summed E-state index contributed by atoms with van der Waals surface area (Å²) >= 11 is 0. The lowest BCUT2D eigenvalue weighted by Crippen LogP contribution is -2.33. The van der Waals surface area contributed by atoms with Crippen LogP contribution < -0.4 is 10.2 Å². The van der Waals surface area contributed by atoms with Crippen LogP contribution >= 0.6 is 0 Å². The molecule has 2 amide bonds. The average Bonchev–Trinajstić information content (AvgIpc) is 2.68. The van der Waals surface area contributed by atoms with Crippen molar-refractivity contribution in [1.82, 2.24) is 10.3 Å². The summed E-state index contributed by atoms with van der Waals surface area (Å²) in [5, 5.41) is 2.82. The molecule has 0 radical (unpaired) electrons. The Hall–Kier alpha value is -3.22. The number of carbonyl (C=O) groups is 3. The number of hydrogen-bond donors (Lipinski definition) is 1. The maximum atomic E-state index is 12.1. The minimum absolute atomic E-state index is 0.152. The lowest BCUT2D eigenvalue weighted by Gasteiger charge is -2.21. The first-order valence-corrected chi connectivity index (χ1v) is 8.72. The number of carbonyl (C=O) groups excluding carboxylic acids is 3. The molecule has 7 heteroatoms. The summed E-state index contributed by atoms with van der Waals surface area (Å²) in [5.74, 6) is -0.740. The van der Waals surface area contributed by atoms with E-state index < -0.39 is 5.97 Å². The lowest BCUT2D eigenvalue weighted by atomic mass is 10.2. The van der Waals surface area contributed by atoms with E-state index in [-0.39, 0.29) is 24.8 Å². The molecule has 2 rings (SSSR count). The van der Waals surface area contributed by atoms with Crippen molar-refractivity contribution in [1.29, 1.82) is 0 Å². The second kappa shape index (κ2) is 10.1. The molecule has 7 nitrogen and oxygen atoms in total. The van der Waals surface area contributed by atoms with E-state index in [1.165, 1.54) is 11.8 Å². The van der Waals surface area contributed by atoms with Crippen LogP contribution in [-0.4, -0.2) is 35.9 Å². The smallest absolute Gasteiger partial charge is 0.338 e. The van der Waals surface area contributed by atoms with Gasteiger partial charge in [-0.15, -0.1) is 0 Å². The van der Waals surface area contributed by atoms with Crippen LogP contribution in [0.15, 0.2) is 48.8 Å². The second-order valence-electron chi connectivity index (χ2n) is 5.82. The molecule has 0 aliphatic rings. The van der Waals surface area contributed by atoms with Crippen LogP contribution in [0.2, 0.25) is 0 Å². The maximum Gasteiger partial charge on any atom is 0.338 e. The highest BCUT2D eigenvalue weighted by atomic mass is 16.5. The Balaban J connectivity index is 1.92. The van der Waals surface area contributed by atoms with Crippen molar-refractivity contribution in [3.05, 3.63) is 59.9 Å². The summed E-state index contributed by atoms with van der Waals surface area (Å²) in [5.41, 5.74) is 1.99. The molecule has 0 atom stereocenters. The molecule has 27 heavy (non-hydrogen) atoms. The number of rotatable bonds is 8. The summed E-state index contributed by atoms with van der Waals surface area (Å²) in [6.07, 6.45) is 3.50. The highest BCUT2D eigenvalue weighted by molar-refractivity contribution is 5.94. The van der Waals surface area contributed by atoms with Crippen LogP contribution in [0.25, 0.3) is 0 Å². The number of anilines is 1. The number of ether oxygens (including phenoxy) is 1. The first kappa shape index (κ1) is 20.1. The summed E-state index contributed by atoms with van der Waals surface area (Å²) in [6, 6.07) is 10.2. The fourth-order valence-electron chi connectivity index (χ4n) is 2.46. The first-order chi connectivity index (χ1) is 13.0. The monoisotopic (exact) mass is 369 g/mol. The Bertz CT molecular complexity index is 776. The van der Waals surface area contributed by atoms with Gasteiger partial charge in [0, 0.05) is 44.5 Å². The summed E-state index contributed by atoms with van der Waals surface area (Å²) in [4.78, 5) is 41.1. The molecule has 142 valence electrons. The lowest BCUT2D eigenvalue weighted by molar-refractivity contribution is -0.121. The van der Waals surface area contributed by atoms with Crippen LogP contribution in [0.4, 0.5) is 5.69 Å². The van der Waals surface area contributed by atoms with Crippen LogP contribution in [0, 0.1) is 0 Å². The van der Waals surface area contributed by atoms with Gasteiger partial charge in [0.15, 0.2) is 0 Å². The molecule has 1 aromatic heterocycles. The molecule has 0 aliphatic carbocycles. The van der Waals surface area contributed by atoms with Gasteiger partial charge in [0.2, 0.25) is 11.8 Å². The van der Waals surface area contributed by atoms with E-state index in [0.29, 0.717) is 24.4 Å². The van der Waals surface area contributed by atoms with E-state index in [1.807, 2.05) is 12.1 Å². The summed E-state index contributed by atoms with van der Waals surface area (Å²) in [6.45, 7) is 4.14. The first-order valence-electron chi connectivity index (χ1n) is 8.72. The fourth-order valence-corrected chi connectivity index (χ4v) is 2.46. The number of hydrogen-bond acceptors (Lipinski definition) is 5. The topological polar surface area (TPSA) is 88.6 Å². The standard InChI is InChI=1S/C20H23N3O4/c1-3-27-20(26)17-4-6-18(7-5-17)23(15(2)24)13-10-19(25)22-14-16-8-11-21-12-9-16/h4-9,11-12H,3,10,13-14H2,1-2H3,(H,22,25). The molecular formula is C20H23N3O4. The quantitative estimate of drug-likeness (QED) is 0.722. The third-order valence-electron chi connectivity index (χ3n) is 3.87. The van der Waals surface area contributed by atoms with Gasteiger partial charge in [0.1, 0.15) is 0 Å². The molecule has 0 bridgehead atoms. The zero-order chi connectivity index (χ0) is 19.6. The van der Waals surface area contributed by atoms with Crippen molar-refractivity contribution in [2.45, 2.75) is 26.8 Å². The maximum absolute atomic E-state index is 12.1. The number of amides is 2. The Morgan fingerprint density at radius 1 is 1.07 bits per heavy atom. The number of esters is 1. The van der Waals surface area contributed by atoms with E-state index in [2.05, 4.69) is 10.3 Å². The molecule has 2 aromatic rings. The van der Waals surface area contributed by atoms with Gasteiger partial charge in [-0.05, 0) is 48.9 Å². The van der Waals surface area contributed by atoms with Crippen LogP contribution in [0.1, 0.15) is 36.2 Å². The van der Waals surface area contributed by atoms with Crippen LogP contribution in [-0.2, 0) is 20.9 Å². The molecule has 0 spiro atoms. The Morgan fingerprint density at radius 3 is 2.33 bits per heavy atom. The number of nitrogens with zero attached hydrogens (tertiary/aromatic N) is 2. The van der Waals surface area contributed by atoms with E-state index in [4.69, 9.17) is 4.74 Å². The van der Waals surface area contributed by atoms with Crippen molar-refractivity contribution < 1.29 is 19.1 Å². The molecular weight excluding hydrogens is 346 g/mol. The summed E-state index contributed by atoms with van der Waals surface area (Å²) < 4.78 is 4.94. The fraction of sp³-hybridized carbons (Fsp3) is 0.300. The van der Waals surface area contributed by atoms with Crippen molar-refractivity contribution in [3.63, 3.8) is 0 Å². The third-order valence-corrected chi connectivity index (χ3v) is 3.87. The molecule has 0 fully saturated rings. The molecule has 1 N–H and O–H groups in total. The van der Waals surface area contributed by atoms with Gasteiger partial charge in [-0.1, -0.05) is 0 Å². The third kappa shape index (κ3) is 6.22.